The van der Waals surface area contributed by atoms with E-state index in [0.29, 0.717) is 11.6 Å². The number of benzene rings is 3. The Hall–Kier alpha value is -3.43. The van der Waals surface area contributed by atoms with Gasteiger partial charge in [-0.1, -0.05) is 54.8 Å². The van der Waals surface area contributed by atoms with Crippen molar-refractivity contribution in [3.63, 3.8) is 0 Å². The summed E-state index contributed by atoms with van der Waals surface area (Å²) in [5, 5.41) is 3.37. The number of hydrogen-bond acceptors (Lipinski definition) is 4. The summed E-state index contributed by atoms with van der Waals surface area (Å²) in [6.07, 6.45) is 1.69. The summed E-state index contributed by atoms with van der Waals surface area (Å²) in [4.78, 5) is 28.0. The highest BCUT2D eigenvalue weighted by atomic mass is 35.5. The molecule has 39 heavy (non-hydrogen) atoms. The van der Waals surface area contributed by atoms with Gasteiger partial charge in [-0.3, -0.25) is 13.9 Å². The molecular weight excluding hydrogens is 541 g/mol. The maximum absolute atomic E-state index is 13.8. The van der Waals surface area contributed by atoms with E-state index in [4.69, 9.17) is 11.6 Å². The number of aryl methyl sites for hydroxylation is 1. The Balaban J connectivity index is 1.98. The molecule has 2 amide bonds. The van der Waals surface area contributed by atoms with E-state index >= 15 is 0 Å². The number of unbranched alkanes of at least 4 members (excludes halogenated alkanes) is 1. The first-order valence-corrected chi connectivity index (χ1v) is 14.5. The van der Waals surface area contributed by atoms with E-state index in [1.54, 1.807) is 55.5 Å². The molecule has 0 aromatic heterocycles. The molecule has 0 unspecified atom stereocenters. The van der Waals surface area contributed by atoms with Gasteiger partial charge in [0, 0.05) is 18.1 Å². The largest absolute Gasteiger partial charge is 0.354 e. The molecule has 3 aromatic rings. The van der Waals surface area contributed by atoms with Crippen LogP contribution < -0.4 is 9.62 Å². The predicted molar refractivity (Wildman–Crippen MR) is 151 cm³/mol. The van der Waals surface area contributed by atoms with Crippen molar-refractivity contribution in [3.8, 4) is 0 Å². The first kappa shape index (κ1) is 30.1. The lowest BCUT2D eigenvalue weighted by Crippen LogP contribution is -2.51. The Kier molecular flexibility index (Phi) is 10.5. The zero-order valence-electron chi connectivity index (χ0n) is 22.2. The third kappa shape index (κ3) is 8.03. The predicted octanol–water partition coefficient (Wildman–Crippen LogP) is 5.32. The Morgan fingerprint density at radius 2 is 1.59 bits per heavy atom. The molecule has 10 heteroatoms. The second kappa shape index (κ2) is 13.6. The van der Waals surface area contributed by atoms with Crippen LogP contribution in [0.5, 0.6) is 0 Å². The molecule has 0 fully saturated rings. The van der Waals surface area contributed by atoms with E-state index in [0.717, 1.165) is 52.5 Å². The molecule has 208 valence electrons. The van der Waals surface area contributed by atoms with Crippen LogP contribution in [0.2, 0.25) is 5.02 Å². The molecule has 1 N–H and O–H groups in total. The number of carbonyl (C=O) groups excluding carboxylic acids is 2. The van der Waals surface area contributed by atoms with Gasteiger partial charge in [-0.05, 0) is 74.4 Å². The third-order valence-electron chi connectivity index (χ3n) is 6.27. The van der Waals surface area contributed by atoms with Gasteiger partial charge in [-0.15, -0.1) is 0 Å². The van der Waals surface area contributed by atoms with E-state index in [-0.39, 0.29) is 23.0 Å². The van der Waals surface area contributed by atoms with E-state index in [1.807, 2.05) is 13.8 Å². The highest BCUT2D eigenvalue weighted by Gasteiger charge is 2.32. The molecule has 0 aliphatic carbocycles. The van der Waals surface area contributed by atoms with E-state index in [2.05, 4.69) is 5.32 Å². The SMILES string of the molecule is CCCCNC(=O)[C@@H](C)N(Cc1ccc(Cl)cc1)C(=O)CN(c1ccc(C)cc1)S(=O)(=O)c1ccc(F)cc1. The fourth-order valence-corrected chi connectivity index (χ4v) is 5.42. The molecule has 0 radical (unpaired) electrons. The molecule has 0 spiro atoms. The minimum absolute atomic E-state index is 0.0662. The second-order valence-corrected chi connectivity index (χ2v) is 11.6. The lowest BCUT2D eigenvalue weighted by Gasteiger charge is -2.32. The second-order valence-electron chi connectivity index (χ2n) is 9.27. The van der Waals surface area contributed by atoms with Gasteiger partial charge in [-0.2, -0.15) is 0 Å². The maximum Gasteiger partial charge on any atom is 0.264 e. The minimum Gasteiger partial charge on any atom is -0.354 e. The van der Waals surface area contributed by atoms with Crippen LogP contribution in [0.1, 0.15) is 37.8 Å². The Morgan fingerprint density at radius 1 is 0.974 bits per heavy atom. The molecule has 0 saturated carbocycles. The smallest absolute Gasteiger partial charge is 0.264 e. The van der Waals surface area contributed by atoms with Crippen molar-refractivity contribution < 1.29 is 22.4 Å². The van der Waals surface area contributed by atoms with Crippen molar-refractivity contribution in [3.05, 3.63) is 94.8 Å². The van der Waals surface area contributed by atoms with Crippen molar-refractivity contribution in [1.82, 2.24) is 10.2 Å². The van der Waals surface area contributed by atoms with Crippen LogP contribution in [-0.4, -0.2) is 44.3 Å². The number of hydrogen-bond donors (Lipinski definition) is 1. The maximum atomic E-state index is 13.8. The molecule has 0 heterocycles. The molecule has 0 saturated heterocycles. The summed E-state index contributed by atoms with van der Waals surface area (Å²) in [5.41, 5.74) is 1.90. The molecule has 3 rings (SSSR count). The van der Waals surface area contributed by atoms with Gasteiger partial charge in [0.2, 0.25) is 11.8 Å². The van der Waals surface area contributed by atoms with Gasteiger partial charge in [0.15, 0.2) is 0 Å². The third-order valence-corrected chi connectivity index (χ3v) is 8.31. The Morgan fingerprint density at radius 3 is 2.18 bits per heavy atom. The van der Waals surface area contributed by atoms with Crippen molar-refractivity contribution in [2.75, 3.05) is 17.4 Å². The minimum atomic E-state index is -4.25. The number of rotatable bonds is 12. The van der Waals surface area contributed by atoms with Crippen LogP contribution in [0.3, 0.4) is 0 Å². The van der Waals surface area contributed by atoms with Crippen LogP contribution in [0.25, 0.3) is 0 Å². The first-order chi connectivity index (χ1) is 18.5. The first-order valence-electron chi connectivity index (χ1n) is 12.7. The average Bonchev–Trinajstić information content (AvgIpc) is 2.91. The van der Waals surface area contributed by atoms with E-state index in [9.17, 15) is 22.4 Å². The monoisotopic (exact) mass is 573 g/mol. The number of nitrogens with one attached hydrogen (secondary N) is 1. The molecule has 0 aliphatic rings. The molecule has 0 bridgehead atoms. The standard InChI is InChI=1S/C29H33ClFN3O4S/c1-4-5-18-32-29(36)22(3)33(19-23-8-10-24(30)11-9-23)28(35)20-34(26-14-6-21(2)7-15-26)39(37,38)27-16-12-25(31)13-17-27/h6-17,22H,4-5,18-20H2,1-3H3,(H,32,36)/t22-/m1/s1. The van der Waals surface area contributed by atoms with Crippen LogP contribution in [0, 0.1) is 12.7 Å². The highest BCUT2D eigenvalue weighted by Crippen LogP contribution is 2.25. The van der Waals surface area contributed by atoms with Gasteiger partial charge < -0.3 is 10.2 Å². The summed E-state index contributed by atoms with van der Waals surface area (Å²) in [7, 11) is -4.25. The lowest BCUT2D eigenvalue weighted by atomic mass is 10.1. The summed E-state index contributed by atoms with van der Waals surface area (Å²) < 4.78 is 41.9. The normalized spacial score (nSPS) is 12.0. The number of anilines is 1. The van der Waals surface area contributed by atoms with Crippen molar-refractivity contribution in [1.29, 1.82) is 0 Å². The average molecular weight is 574 g/mol. The topological polar surface area (TPSA) is 86.8 Å². The highest BCUT2D eigenvalue weighted by molar-refractivity contribution is 7.92. The van der Waals surface area contributed by atoms with Crippen LogP contribution in [0.4, 0.5) is 10.1 Å². The van der Waals surface area contributed by atoms with Gasteiger partial charge in [0.25, 0.3) is 10.0 Å². The summed E-state index contributed by atoms with van der Waals surface area (Å²) >= 11 is 6.02. The number of amides is 2. The van der Waals surface area contributed by atoms with Gasteiger partial charge in [-0.25, -0.2) is 12.8 Å². The van der Waals surface area contributed by atoms with Gasteiger partial charge in [0.05, 0.1) is 10.6 Å². The fraction of sp³-hybridized carbons (Fsp3) is 0.310. The van der Waals surface area contributed by atoms with Gasteiger partial charge >= 0.3 is 0 Å². The zero-order valence-corrected chi connectivity index (χ0v) is 23.8. The zero-order chi connectivity index (χ0) is 28.6. The number of halogens is 2. The van der Waals surface area contributed by atoms with E-state index < -0.39 is 34.3 Å². The van der Waals surface area contributed by atoms with Crippen LogP contribution in [0.15, 0.2) is 77.7 Å². The number of carbonyl (C=O) groups is 2. The lowest BCUT2D eigenvalue weighted by molar-refractivity contribution is -0.139. The van der Waals surface area contributed by atoms with E-state index in [1.165, 1.54) is 4.90 Å². The van der Waals surface area contributed by atoms with Crippen LogP contribution >= 0.6 is 11.6 Å². The van der Waals surface area contributed by atoms with Crippen molar-refractivity contribution in [2.24, 2.45) is 0 Å². The molecule has 0 aliphatic heterocycles. The van der Waals surface area contributed by atoms with Gasteiger partial charge in [0.1, 0.15) is 18.4 Å². The van der Waals surface area contributed by atoms with Crippen molar-refractivity contribution in [2.45, 2.75) is 51.1 Å². The summed E-state index contributed by atoms with van der Waals surface area (Å²) in [5.74, 6) is -1.49. The fourth-order valence-electron chi connectivity index (χ4n) is 3.88. The number of sulfonamides is 1. The van der Waals surface area contributed by atoms with Crippen molar-refractivity contribution >= 4 is 39.1 Å². The van der Waals surface area contributed by atoms with Crippen LogP contribution in [-0.2, 0) is 26.2 Å². The molecule has 3 aromatic carbocycles. The molecular formula is C29H33ClFN3O4S. The summed E-state index contributed by atoms with van der Waals surface area (Å²) in [6.45, 7) is 5.45. The Bertz CT molecular complexity index is 1370. The quantitative estimate of drug-likeness (QED) is 0.297. The number of nitrogens with zero attached hydrogens (tertiary/aromatic N) is 2. The summed E-state index contributed by atoms with van der Waals surface area (Å²) in [6, 6.07) is 17.1. The molecule has 1 atom stereocenters. The molecule has 7 nitrogen and oxygen atoms in total. The Labute approximate surface area is 234 Å².